The SMILES string of the molecule is CSc1nc2nc(C(Cc3cc(F)cc(F)c3)NC(=O)Cn3nc(C(F)(F)F)c4c3C(F)(F)[C@@H]3C#C[C@H]43)c(-c3ccc(F)c(C(N)=O)c3)cc2s1. The number of rotatable bonds is 9. The van der Waals surface area contributed by atoms with Crippen LogP contribution in [-0.4, -0.2) is 37.8 Å². The molecule has 2 aromatic carbocycles. The Bertz CT molecular complexity index is 2320. The van der Waals surface area contributed by atoms with Crippen LogP contribution in [0.4, 0.5) is 35.1 Å². The fourth-order valence-corrected chi connectivity index (χ4v) is 7.72. The molecule has 3 aromatic heterocycles. The number of nitrogens with zero attached hydrogens (tertiary/aromatic N) is 4. The van der Waals surface area contributed by atoms with Crippen molar-refractivity contribution in [1.82, 2.24) is 25.1 Å². The lowest BCUT2D eigenvalue weighted by Crippen LogP contribution is -2.36. The number of amides is 2. The minimum atomic E-state index is -5.13. The van der Waals surface area contributed by atoms with Gasteiger partial charge in [0.1, 0.15) is 35.6 Å². The number of carbonyl (C=O) groups excluding carboxylic acids is 2. The molecule has 262 valence electrons. The number of nitrogens with two attached hydrogens (primary N) is 1. The van der Waals surface area contributed by atoms with Crippen molar-refractivity contribution in [3.63, 3.8) is 0 Å². The van der Waals surface area contributed by atoms with Gasteiger partial charge in [0.15, 0.2) is 15.7 Å². The standard InChI is InChI=1S/C33H20F8N6O2S2/c1-50-31-45-30-23(51-31)11-18(14-2-5-21(36)19(9-14)29(42)49)26(44-30)22(8-13-6-15(34)10-16(35)7-13)43-24(48)12-47-28-25(27(46-47)33(39,40)41)17-3-4-20(17)32(28,37)38/h2,5-7,9-11,17,20,22H,8,12H2,1H3,(H2,42,49)(H,43,48)/t17-,20+,22?/m0/s1. The number of primary amides is 1. The summed E-state index contributed by atoms with van der Waals surface area (Å²) in [5.41, 5.74) is 1.98. The Balaban J connectivity index is 1.34. The first-order valence-electron chi connectivity index (χ1n) is 14.8. The third-order valence-electron chi connectivity index (χ3n) is 8.43. The number of fused-ring (bicyclic) bond motifs is 4. The molecule has 2 aliphatic rings. The van der Waals surface area contributed by atoms with Crippen LogP contribution in [0.2, 0.25) is 0 Å². The van der Waals surface area contributed by atoms with Crippen LogP contribution in [0.1, 0.15) is 50.5 Å². The summed E-state index contributed by atoms with van der Waals surface area (Å²) in [6, 6.07) is 6.22. The van der Waals surface area contributed by atoms with Crippen molar-refractivity contribution in [2.45, 2.75) is 41.4 Å². The van der Waals surface area contributed by atoms with Crippen molar-refractivity contribution in [3.05, 3.63) is 93.7 Å². The predicted octanol–water partition coefficient (Wildman–Crippen LogP) is 6.73. The number of benzene rings is 2. The number of halogens is 8. The van der Waals surface area contributed by atoms with Gasteiger partial charge >= 0.3 is 12.1 Å². The molecule has 0 fully saturated rings. The summed E-state index contributed by atoms with van der Waals surface area (Å²) in [7, 11) is 0. The third kappa shape index (κ3) is 6.07. The maximum Gasteiger partial charge on any atom is 0.435 e. The highest BCUT2D eigenvalue weighted by atomic mass is 32.2. The number of hydrogen-bond acceptors (Lipinski definition) is 7. The van der Waals surface area contributed by atoms with Crippen LogP contribution in [0, 0.1) is 35.2 Å². The zero-order valence-corrected chi connectivity index (χ0v) is 27.3. The topological polar surface area (TPSA) is 116 Å². The molecule has 2 aliphatic carbocycles. The van der Waals surface area contributed by atoms with Gasteiger partial charge in [-0.25, -0.2) is 23.1 Å². The Morgan fingerprint density at radius 3 is 2.43 bits per heavy atom. The molecule has 5 aromatic rings. The van der Waals surface area contributed by atoms with Crippen LogP contribution in [0.15, 0.2) is 46.8 Å². The number of thiazole rings is 1. The van der Waals surface area contributed by atoms with Gasteiger partial charge in [-0.3, -0.25) is 14.3 Å². The molecule has 0 saturated heterocycles. The number of nitrogens with one attached hydrogen (secondary N) is 1. The Morgan fingerprint density at radius 1 is 1.08 bits per heavy atom. The van der Waals surface area contributed by atoms with Crippen LogP contribution in [0.3, 0.4) is 0 Å². The quantitative estimate of drug-likeness (QED) is 0.0982. The van der Waals surface area contributed by atoms with E-state index in [0.717, 1.165) is 24.3 Å². The first-order valence-corrected chi connectivity index (χ1v) is 16.9. The monoisotopic (exact) mass is 748 g/mol. The van der Waals surface area contributed by atoms with E-state index in [9.17, 15) is 35.9 Å². The molecule has 2 amide bonds. The molecule has 8 nitrogen and oxygen atoms in total. The van der Waals surface area contributed by atoms with Crippen LogP contribution >= 0.6 is 23.1 Å². The summed E-state index contributed by atoms with van der Waals surface area (Å²) in [5, 5.41) is 5.93. The van der Waals surface area contributed by atoms with Gasteiger partial charge in [-0.05, 0) is 54.1 Å². The number of thioether (sulfide) groups is 1. The Hall–Kier alpha value is -5.02. The number of hydrogen-bond donors (Lipinski definition) is 2. The van der Waals surface area contributed by atoms with Gasteiger partial charge in [0.05, 0.1) is 27.9 Å². The molecule has 1 unspecified atom stereocenters. The van der Waals surface area contributed by atoms with Crippen molar-refractivity contribution >= 4 is 45.3 Å². The lowest BCUT2D eigenvalue weighted by atomic mass is 9.84. The van der Waals surface area contributed by atoms with E-state index in [1.54, 1.807) is 12.3 Å². The van der Waals surface area contributed by atoms with Crippen molar-refractivity contribution < 1.29 is 44.7 Å². The lowest BCUT2D eigenvalue weighted by Gasteiger charge is -2.24. The molecule has 3 atom stereocenters. The highest BCUT2D eigenvalue weighted by Crippen LogP contribution is 2.58. The second-order valence-electron chi connectivity index (χ2n) is 11.7. The molecule has 3 N–H and O–H groups in total. The Kier molecular flexibility index (Phi) is 8.33. The van der Waals surface area contributed by atoms with E-state index in [1.165, 1.54) is 29.2 Å². The number of alkyl halides is 5. The van der Waals surface area contributed by atoms with E-state index in [2.05, 4.69) is 32.2 Å². The molecule has 0 aliphatic heterocycles. The molecular formula is C33H20F8N6O2S2. The minimum absolute atomic E-state index is 0.00487. The summed E-state index contributed by atoms with van der Waals surface area (Å²) in [5.74, 6) is -7.48. The third-order valence-corrected chi connectivity index (χ3v) is 10.4. The molecule has 0 saturated carbocycles. The number of carbonyl (C=O) groups is 2. The first kappa shape index (κ1) is 34.4. The van der Waals surface area contributed by atoms with Gasteiger partial charge in [0, 0.05) is 17.2 Å². The smallest absolute Gasteiger partial charge is 0.366 e. The fourth-order valence-electron chi connectivity index (χ4n) is 6.26. The normalized spacial score (nSPS) is 17.7. The molecule has 7 rings (SSSR count). The molecule has 0 bridgehead atoms. The summed E-state index contributed by atoms with van der Waals surface area (Å²) < 4.78 is 117. The van der Waals surface area contributed by atoms with Gasteiger partial charge in [0.2, 0.25) is 5.91 Å². The summed E-state index contributed by atoms with van der Waals surface area (Å²) in [6.45, 7) is -1.12. The molecule has 0 spiro atoms. The van der Waals surface area contributed by atoms with Gasteiger partial charge in [-0.15, -0.1) is 11.3 Å². The van der Waals surface area contributed by atoms with Gasteiger partial charge in [-0.2, -0.15) is 27.1 Å². The number of pyridine rings is 1. The maximum absolute atomic E-state index is 15.4. The second-order valence-corrected chi connectivity index (χ2v) is 13.8. The largest absolute Gasteiger partial charge is 0.435 e. The van der Waals surface area contributed by atoms with Crippen LogP contribution < -0.4 is 11.1 Å². The molecule has 18 heteroatoms. The zero-order chi connectivity index (χ0) is 36.6. The molecule has 0 radical (unpaired) electrons. The fraction of sp³-hybridized carbons (Fsp3) is 0.242. The summed E-state index contributed by atoms with van der Waals surface area (Å²) >= 11 is 2.53. The average Bonchev–Trinajstić information content (AvgIpc) is 3.64. The van der Waals surface area contributed by atoms with E-state index in [1.807, 2.05) is 0 Å². The Morgan fingerprint density at radius 2 is 1.80 bits per heavy atom. The summed E-state index contributed by atoms with van der Waals surface area (Å²) in [4.78, 5) is 34.8. The van der Waals surface area contributed by atoms with Crippen LogP contribution in [0.25, 0.3) is 21.5 Å². The second kappa shape index (κ2) is 12.3. The molecule has 3 heterocycles. The average molecular weight is 749 g/mol. The highest BCUT2D eigenvalue weighted by molar-refractivity contribution is 8.00. The Labute approximate surface area is 290 Å². The van der Waals surface area contributed by atoms with Crippen molar-refractivity contribution in [3.8, 4) is 23.0 Å². The van der Waals surface area contributed by atoms with E-state index in [-0.39, 0.29) is 39.1 Å². The van der Waals surface area contributed by atoms with Crippen LogP contribution in [-0.2, 0) is 29.9 Å². The van der Waals surface area contributed by atoms with E-state index < -0.39 is 88.3 Å². The zero-order valence-electron chi connectivity index (χ0n) is 25.7. The van der Waals surface area contributed by atoms with Gasteiger partial charge < -0.3 is 11.1 Å². The van der Waals surface area contributed by atoms with Crippen molar-refractivity contribution in [1.29, 1.82) is 0 Å². The van der Waals surface area contributed by atoms with E-state index >= 15 is 8.78 Å². The molecule has 51 heavy (non-hydrogen) atoms. The van der Waals surface area contributed by atoms with E-state index in [0.29, 0.717) is 15.1 Å². The molecular weight excluding hydrogens is 729 g/mol. The summed E-state index contributed by atoms with van der Waals surface area (Å²) in [6.07, 6.45) is -3.75. The lowest BCUT2D eigenvalue weighted by molar-refractivity contribution is -0.142. The van der Waals surface area contributed by atoms with E-state index in [4.69, 9.17) is 5.73 Å². The first-order chi connectivity index (χ1) is 24.0. The van der Waals surface area contributed by atoms with Gasteiger partial charge in [-0.1, -0.05) is 29.7 Å². The number of aromatic nitrogens is 4. The highest BCUT2D eigenvalue weighted by Gasteiger charge is 2.62. The van der Waals surface area contributed by atoms with Crippen molar-refractivity contribution in [2.75, 3.05) is 6.26 Å². The van der Waals surface area contributed by atoms with Crippen LogP contribution in [0.5, 0.6) is 0 Å². The predicted molar refractivity (Wildman–Crippen MR) is 169 cm³/mol. The van der Waals surface area contributed by atoms with Gasteiger partial charge in [0.25, 0.3) is 5.91 Å². The minimum Gasteiger partial charge on any atom is -0.366 e. The van der Waals surface area contributed by atoms with Crippen molar-refractivity contribution in [2.24, 2.45) is 11.7 Å². The maximum atomic E-state index is 15.4.